The summed E-state index contributed by atoms with van der Waals surface area (Å²) in [6, 6.07) is 4.47. The van der Waals surface area contributed by atoms with Crippen molar-refractivity contribution in [1.29, 1.82) is 0 Å². The average molecular weight is 276 g/mol. The molecule has 0 spiro atoms. The number of hydrogen-bond donors (Lipinski definition) is 2. The molecule has 3 nitrogen and oxygen atoms in total. The fraction of sp³-hybridized carbons (Fsp3) is 0.222. The number of aliphatic carboxylic acids is 1. The standard InChI is InChI=1S/C9H10BrNO2S/c1-14-7-3-5(2-6(10)4-7)8(11)9(12)13/h2-4,8H,11H2,1H3,(H,12,13). The highest BCUT2D eigenvalue weighted by molar-refractivity contribution is 9.10. The number of thioether (sulfide) groups is 1. The molecule has 0 amide bonds. The summed E-state index contributed by atoms with van der Waals surface area (Å²) < 4.78 is 0.844. The molecule has 3 N–H and O–H groups in total. The Morgan fingerprint density at radius 2 is 2.21 bits per heavy atom. The number of rotatable bonds is 3. The van der Waals surface area contributed by atoms with E-state index in [4.69, 9.17) is 10.8 Å². The maximum absolute atomic E-state index is 10.7. The molecule has 1 rings (SSSR count). The summed E-state index contributed by atoms with van der Waals surface area (Å²) in [5, 5.41) is 8.74. The van der Waals surface area contributed by atoms with Gasteiger partial charge in [-0.1, -0.05) is 15.9 Å². The second kappa shape index (κ2) is 4.82. The second-order valence-electron chi connectivity index (χ2n) is 2.74. The Morgan fingerprint density at radius 3 is 2.71 bits per heavy atom. The van der Waals surface area contributed by atoms with E-state index >= 15 is 0 Å². The van der Waals surface area contributed by atoms with E-state index in [-0.39, 0.29) is 0 Å². The third kappa shape index (κ3) is 2.73. The van der Waals surface area contributed by atoms with E-state index in [2.05, 4.69) is 15.9 Å². The van der Waals surface area contributed by atoms with Crippen LogP contribution < -0.4 is 5.73 Å². The maximum atomic E-state index is 10.7. The van der Waals surface area contributed by atoms with Crippen LogP contribution >= 0.6 is 27.7 Å². The van der Waals surface area contributed by atoms with Crippen LogP contribution in [0.5, 0.6) is 0 Å². The molecule has 0 aliphatic carbocycles. The first-order valence-electron chi connectivity index (χ1n) is 3.87. The van der Waals surface area contributed by atoms with Crippen LogP contribution in [0.2, 0.25) is 0 Å². The number of benzene rings is 1. The number of carboxylic acids is 1. The van der Waals surface area contributed by atoms with Gasteiger partial charge in [0.25, 0.3) is 0 Å². The van der Waals surface area contributed by atoms with Gasteiger partial charge in [0, 0.05) is 9.37 Å². The van der Waals surface area contributed by atoms with Crippen molar-refractivity contribution in [1.82, 2.24) is 0 Å². The number of nitrogens with two attached hydrogens (primary N) is 1. The number of halogens is 1. The van der Waals surface area contributed by atoms with Crippen molar-refractivity contribution < 1.29 is 9.90 Å². The molecule has 0 bridgehead atoms. The van der Waals surface area contributed by atoms with E-state index in [1.165, 1.54) is 0 Å². The Kier molecular flexibility index (Phi) is 3.97. The molecule has 76 valence electrons. The molecule has 0 aromatic heterocycles. The summed E-state index contributed by atoms with van der Waals surface area (Å²) >= 11 is 4.86. The summed E-state index contributed by atoms with van der Waals surface area (Å²) in [7, 11) is 0. The minimum atomic E-state index is -1.02. The normalized spacial score (nSPS) is 12.5. The second-order valence-corrected chi connectivity index (χ2v) is 4.54. The SMILES string of the molecule is CSc1cc(Br)cc(C(N)C(=O)O)c1. The van der Waals surface area contributed by atoms with Crippen LogP contribution in [-0.4, -0.2) is 17.3 Å². The van der Waals surface area contributed by atoms with Crippen molar-refractivity contribution in [3.63, 3.8) is 0 Å². The lowest BCUT2D eigenvalue weighted by atomic mass is 10.1. The zero-order valence-corrected chi connectivity index (χ0v) is 9.93. The van der Waals surface area contributed by atoms with Crippen LogP contribution in [0.3, 0.4) is 0 Å². The van der Waals surface area contributed by atoms with Gasteiger partial charge >= 0.3 is 5.97 Å². The van der Waals surface area contributed by atoms with E-state index in [0.29, 0.717) is 5.56 Å². The molecular formula is C9H10BrNO2S. The lowest BCUT2D eigenvalue weighted by molar-refractivity contribution is -0.138. The summed E-state index contributed by atoms with van der Waals surface area (Å²) in [5.41, 5.74) is 6.11. The van der Waals surface area contributed by atoms with Crippen LogP contribution in [0.4, 0.5) is 0 Å². The predicted octanol–water partition coefficient (Wildman–Crippen LogP) is 2.26. The van der Waals surface area contributed by atoms with Crippen LogP contribution in [0.25, 0.3) is 0 Å². The number of hydrogen-bond acceptors (Lipinski definition) is 3. The monoisotopic (exact) mass is 275 g/mol. The lowest BCUT2D eigenvalue weighted by Crippen LogP contribution is -2.20. The molecule has 14 heavy (non-hydrogen) atoms. The fourth-order valence-electron chi connectivity index (χ4n) is 1.02. The topological polar surface area (TPSA) is 63.3 Å². The molecule has 0 aliphatic rings. The summed E-state index contributed by atoms with van der Waals surface area (Å²) in [6.45, 7) is 0. The zero-order valence-electron chi connectivity index (χ0n) is 7.53. The van der Waals surface area contributed by atoms with Crippen molar-refractivity contribution in [2.24, 2.45) is 5.73 Å². The van der Waals surface area contributed by atoms with Gasteiger partial charge in [0.1, 0.15) is 6.04 Å². The molecule has 5 heteroatoms. The van der Waals surface area contributed by atoms with Gasteiger partial charge < -0.3 is 10.8 Å². The van der Waals surface area contributed by atoms with E-state index in [9.17, 15) is 4.79 Å². The smallest absolute Gasteiger partial charge is 0.325 e. The number of carbonyl (C=O) groups is 1. The Labute approximate surface area is 94.8 Å². The molecule has 1 unspecified atom stereocenters. The molecule has 0 fully saturated rings. The summed E-state index contributed by atoms with van der Waals surface area (Å²) in [5.74, 6) is -1.02. The molecular weight excluding hydrogens is 266 g/mol. The third-order valence-corrected chi connectivity index (χ3v) is 2.92. The molecule has 0 saturated carbocycles. The first-order chi connectivity index (χ1) is 6.54. The quantitative estimate of drug-likeness (QED) is 0.831. The van der Waals surface area contributed by atoms with Gasteiger partial charge in [-0.25, -0.2) is 0 Å². The van der Waals surface area contributed by atoms with Crippen molar-refractivity contribution in [2.75, 3.05) is 6.26 Å². The Bertz CT molecular complexity index is 357. The highest BCUT2D eigenvalue weighted by Crippen LogP contribution is 2.25. The van der Waals surface area contributed by atoms with Gasteiger partial charge in [-0.05, 0) is 30.0 Å². The van der Waals surface area contributed by atoms with Gasteiger partial charge in [-0.3, -0.25) is 4.79 Å². The molecule has 1 atom stereocenters. The Balaban J connectivity index is 3.08. The Hall–Kier alpha value is -0.520. The first kappa shape index (κ1) is 11.6. The number of carboxylic acid groups (broad SMARTS) is 1. The minimum absolute atomic E-state index is 0.608. The molecule has 1 aromatic carbocycles. The fourth-order valence-corrected chi connectivity index (χ4v) is 2.19. The van der Waals surface area contributed by atoms with Crippen molar-refractivity contribution >= 4 is 33.7 Å². The predicted molar refractivity (Wildman–Crippen MR) is 60.5 cm³/mol. The molecule has 0 aliphatic heterocycles. The summed E-state index contributed by atoms with van der Waals surface area (Å²) in [4.78, 5) is 11.7. The van der Waals surface area contributed by atoms with Gasteiger partial charge in [-0.2, -0.15) is 0 Å². The van der Waals surface area contributed by atoms with Crippen LogP contribution in [0.1, 0.15) is 11.6 Å². The Morgan fingerprint density at radius 1 is 1.57 bits per heavy atom. The zero-order chi connectivity index (χ0) is 10.7. The van der Waals surface area contributed by atoms with Crippen LogP contribution in [0.15, 0.2) is 27.6 Å². The van der Waals surface area contributed by atoms with Crippen molar-refractivity contribution in [2.45, 2.75) is 10.9 Å². The van der Waals surface area contributed by atoms with E-state index in [1.807, 2.05) is 12.3 Å². The lowest BCUT2D eigenvalue weighted by Gasteiger charge is -2.08. The van der Waals surface area contributed by atoms with Gasteiger partial charge in [0.15, 0.2) is 0 Å². The minimum Gasteiger partial charge on any atom is -0.480 e. The maximum Gasteiger partial charge on any atom is 0.325 e. The van der Waals surface area contributed by atoms with Gasteiger partial charge in [-0.15, -0.1) is 11.8 Å². The highest BCUT2D eigenvalue weighted by atomic mass is 79.9. The molecule has 0 heterocycles. The third-order valence-electron chi connectivity index (χ3n) is 1.75. The molecule has 0 radical (unpaired) electrons. The average Bonchev–Trinajstić information content (AvgIpc) is 2.15. The van der Waals surface area contributed by atoms with E-state index in [1.54, 1.807) is 23.9 Å². The summed E-state index contributed by atoms with van der Waals surface area (Å²) in [6.07, 6.45) is 1.93. The molecule has 0 saturated heterocycles. The highest BCUT2D eigenvalue weighted by Gasteiger charge is 2.14. The molecule has 1 aromatic rings. The largest absolute Gasteiger partial charge is 0.480 e. The first-order valence-corrected chi connectivity index (χ1v) is 5.89. The van der Waals surface area contributed by atoms with E-state index < -0.39 is 12.0 Å². The van der Waals surface area contributed by atoms with Crippen molar-refractivity contribution in [3.05, 3.63) is 28.2 Å². The van der Waals surface area contributed by atoms with Crippen LogP contribution in [0, 0.1) is 0 Å². The van der Waals surface area contributed by atoms with Gasteiger partial charge in [0.05, 0.1) is 0 Å². The van der Waals surface area contributed by atoms with Crippen LogP contribution in [-0.2, 0) is 4.79 Å². The van der Waals surface area contributed by atoms with Gasteiger partial charge in [0.2, 0.25) is 0 Å². The van der Waals surface area contributed by atoms with E-state index in [0.717, 1.165) is 9.37 Å². The van der Waals surface area contributed by atoms with Crippen molar-refractivity contribution in [3.8, 4) is 0 Å².